The van der Waals surface area contributed by atoms with Crippen molar-refractivity contribution >= 4 is 34.4 Å². The van der Waals surface area contributed by atoms with E-state index in [1.165, 1.54) is 6.16 Å². The van der Waals surface area contributed by atoms with Crippen molar-refractivity contribution in [3.8, 4) is 0 Å². The van der Waals surface area contributed by atoms with E-state index < -0.39 is 0 Å². The summed E-state index contributed by atoms with van der Waals surface area (Å²) in [5, 5.41) is 3.69. The fraction of sp³-hybridized carbons (Fsp3) is 0.652. The van der Waals surface area contributed by atoms with Crippen LogP contribution in [0.1, 0.15) is 73.8 Å². The van der Waals surface area contributed by atoms with E-state index >= 15 is 0 Å². The van der Waals surface area contributed by atoms with Crippen molar-refractivity contribution < 1.29 is 0 Å². The van der Waals surface area contributed by atoms with Crippen LogP contribution in [0.3, 0.4) is 0 Å². The van der Waals surface area contributed by atoms with Crippen molar-refractivity contribution in [3.63, 3.8) is 0 Å². The lowest BCUT2D eigenvalue weighted by Gasteiger charge is -2.57. The van der Waals surface area contributed by atoms with Gasteiger partial charge in [0.2, 0.25) is 0 Å². The van der Waals surface area contributed by atoms with Gasteiger partial charge in [0.15, 0.2) is 0 Å². The maximum atomic E-state index is 2.49. The molecule has 3 heterocycles. The van der Waals surface area contributed by atoms with Crippen molar-refractivity contribution in [1.82, 2.24) is 0 Å². The van der Waals surface area contributed by atoms with E-state index in [1.54, 1.807) is 22.0 Å². The summed E-state index contributed by atoms with van der Waals surface area (Å²) in [5.74, 6) is 0.676. The molecule has 1 unspecified atom stereocenters. The van der Waals surface area contributed by atoms with Crippen LogP contribution in [0.25, 0.3) is 0 Å². The van der Waals surface area contributed by atoms with Gasteiger partial charge >= 0.3 is 0 Å². The molecule has 3 heteroatoms. The van der Waals surface area contributed by atoms with E-state index in [0.29, 0.717) is 16.7 Å². The van der Waals surface area contributed by atoms with Gasteiger partial charge in [-0.25, -0.2) is 0 Å². The average Bonchev–Trinajstić information content (AvgIpc) is 2.52. The average molecular weight is 404 g/mol. The zero-order valence-electron chi connectivity index (χ0n) is 18.0. The second-order valence-corrected chi connectivity index (χ2v) is 16.8. The third kappa shape index (κ3) is 3.41. The van der Waals surface area contributed by atoms with E-state index in [9.17, 15) is 0 Å². The molecule has 0 radical (unpaired) electrons. The van der Waals surface area contributed by atoms with E-state index in [1.807, 2.05) is 10.1 Å². The van der Waals surface area contributed by atoms with Crippen molar-refractivity contribution in [3.05, 3.63) is 35.9 Å². The minimum Gasteiger partial charge on any atom is -0.0823 e. The Kier molecular flexibility index (Phi) is 5.19. The number of hydrogen-bond donors (Lipinski definition) is 0. The van der Waals surface area contributed by atoms with E-state index in [2.05, 4.69) is 92.6 Å². The van der Waals surface area contributed by atoms with Gasteiger partial charge in [-0.3, -0.25) is 0 Å². The number of rotatable bonds is 1. The Morgan fingerprint density at radius 2 is 1.27 bits per heavy atom. The molecule has 0 spiro atoms. The molecule has 26 heavy (non-hydrogen) atoms. The Morgan fingerprint density at radius 1 is 0.808 bits per heavy atom. The molecule has 1 aromatic carbocycles. The first-order valence-corrected chi connectivity index (χ1v) is 13.1. The molecule has 1 aromatic rings. The van der Waals surface area contributed by atoms with E-state index in [4.69, 9.17) is 0 Å². The molecular weight excluding hydrogens is 369 g/mol. The number of hydrogen-bond acceptors (Lipinski definition) is 0. The lowest BCUT2D eigenvalue weighted by molar-refractivity contribution is 0.332. The van der Waals surface area contributed by atoms with Crippen LogP contribution in [0.4, 0.5) is 0 Å². The summed E-state index contributed by atoms with van der Waals surface area (Å²) in [5.41, 5.74) is 2.44. The van der Waals surface area contributed by atoms with Gasteiger partial charge in [0.25, 0.3) is 0 Å². The predicted molar refractivity (Wildman–Crippen MR) is 126 cm³/mol. The Morgan fingerprint density at radius 3 is 1.65 bits per heavy atom. The molecule has 0 aromatic heterocycles. The van der Waals surface area contributed by atoms with E-state index in [-0.39, 0.29) is 18.2 Å². The molecular formula is C23H35P3. The lowest BCUT2D eigenvalue weighted by Crippen LogP contribution is -2.48. The van der Waals surface area contributed by atoms with Gasteiger partial charge in [0, 0.05) is 5.92 Å². The molecule has 2 bridgehead atoms. The van der Waals surface area contributed by atoms with Gasteiger partial charge in [-0.1, -0.05) is 109 Å². The monoisotopic (exact) mass is 404 g/mol. The standard InChI is InChI=1S/C23H35P3/c1-20(2,3)18-24-23(22(7,8)9)17(16-13-11-10-12-14-16)15-26(18)19(25-23)21(4,5)6/h10-14,17H,15H2,1-9H3. The fourth-order valence-electron chi connectivity index (χ4n) is 4.23. The molecule has 142 valence electrons. The second-order valence-electron chi connectivity index (χ2n) is 10.9. The third-order valence-corrected chi connectivity index (χ3v) is 15.7. The van der Waals surface area contributed by atoms with Crippen LogP contribution >= 0.6 is 24.3 Å². The third-order valence-electron chi connectivity index (χ3n) is 5.56. The quantitative estimate of drug-likeness (QED) is 0.413. The van der Waals surface area contributed by atoms with Gasteiger partial charge in [0.1, 0.15) is 0 Å². The highest BCUT2D eigenvalue weighted by Gasteiger charge is 2.57. The molecule has 0 saturated heterocycles. The summed E-state index contributed by atoms with van der Waals surface area (Å²) in [6, 6.07) is 11.4. The topological polar surface area (TPSA) is 0 Å². The Labute approximate surface area is 165 Å². The molecule has 0 saturated carbocycles. The summed E-state index contributed by atoms with van der Waals surface area (Å²) in [7, 11) is 3.13. The minimum atomic E-state index is -0.140. The van der Waals surface area contributed by atoms with Crippen LogP contribution in [0.2, 0.25) is 0 Å². The fourth-order valence-corrected chi connectivity index (χ4v) is 14.8. The van der Waals surface area contributed by atoms with Crippen molar-refractivity contribution in [2.45, 2.75) is 73.1 Å². The highest BCUT2D eigenvalue weighted by molar-refractivity contribution is 8.06. The largest absolute Gasteiger partial charge is 0.0823 e. The van der Waals surface area contributed by atoms with Gasteiger partial charge in [0.05, 0.1) is 4.90 Å². The summed E-state index contributed by atoms with van der Waals surface area (Å²) in [4.78, 5) is 0.288. The molecule has 4 rings (SSSR count). The molecule has 0 nitrogen and oxygen atoms in total. The van der Waals surface area contributed by atoms with Gasteiger partial charge in [-0.2, -0.15) is 0 Å². The van der Waals surface area contributed by atoms with Gasteiger partial charge < -0.3 is 0 Å². The zero-order valence-corrected chi connectivity index (χ0v) is 20.7. The molecule has 0 aliphatic carbocycles. The first kappa shape index (κ1) is 20.7. The van der Waals surface area contributed by atoms with Crippen LogP contribution in [0, 0.1) is 16.2 Å². The molecule has 1 atom stereocenters. The van der Waals surface area contributed by atoms with Crippen LogP contribution in [-0.4, -0.2) is 21.1 Å². The number of fused-ring (bicyclic) bond motifs is 1. The highest BCUT2D eigenvalue weighted by Crippen LogP contribution is 2.75. The van der Waals surface area contributed by atoms with Gasteiger partial charge in [-0.05, 0) is 46.0 Å². The van der Waals surface area contributed by atoms with Crippen molar-refractivity contribution in [2.24, 2.45) is 16.2 Å². The summed E-state index contributed by atoms with van der Waals surface area (Å²) in [6.45, 7) is 22.2. The maximum absolute atomic E-state index is 2.49. The predicted octanol–water partition coefficient (Wildman–Crippen LogP) is 8.27. The molecule has 3 aliphatic heterocycles. The zero-order chi connectivity index (χ0) is 19.5. The lowest BCUT2D eigenvalue weighted by atomic mass is 9.80. The maximum Gasteiger partial charge on any atom is 0.0663 e. The van der Waals surface area contributed by atoms with Crippen molar-refractivity contribution in [2.75, 3.05) is 6.16 Å². The van der Waals surface area contributed by atoms with Gasteiger partial charge in [-0.15, -0.1) is 0 Å². The SMILES string of the molecule is CC(C)(C)C1=PC2(C(C)(C)C)P=C(C(C)(C)C)P1CC2c1ccccc1. The van der Waals surface area contributed by atoms with Crippen LogP contribution in [0.5, 0.6) is 0 Å². The smallest absolute Gasteiger partial charge is 0.0663 e. The Hall–Kier alpha value is -0.0100. The Bertz CT molecular complexity index is 704. The van der Waals surface area contributed by atoms with Crippen molar-refractivity contribution in [1.29, 1.82) is 0 Å². The van der Waals surface area contributed by atoms with Crippen LogP contribution in [0.15, 0.2) is 30.3 Å². The summed E-state index contributed by atoms with van der Waals surface area (Å²) in [6.07, 6.45) is 1.36. The molecule has 0 N–H and O–H groups in total. The number of benzene rings is 1. The first-order chi connectivity index (χ1) is 11.8. The minimum absolute atomic E-state index is 0.140. The van der Waals surface area contributed by atoms with Crippen LogP contribution in [-0.2, 0) is 0 Å². The molecule has 0 amide bonds. The molecule has 3 aliphatic rings. The Balaban J connectivity index is 2.29. The normalized spacial score (nSPS) is 30.7. The summed E-state index contributed by atoms with van der Waals surface area (Å²) >= 11 is 0. The second kappa shape index (κ2) is 6.51. The first-order valence-electron chi connectivity index (χ1n) is 9.80. The highest BCUT2D eigenvalue weighted by atomic mass is 31.2. The van der Waals surface area contributed by atoms with Crippen LogP contribution < -0.4 is 0 Å². The van der Waals surface area contributed by atoms with E-state index in [0.717, 1.165) is 0 Å². The molecule has 0 fully saturated rings. The summed E-state index contributed by atoms with van der Waals surface area (Å²) < 4.78 is 0.